The second kappa shape index (κ2) is 5.29. The fourth-order valence-corrected chi connectivity index (χ4v) is 2.34. The highest BCUT2D eigenvalue weighted by molar-refractivity contribution is 9.10. The van der Waals surface area contributed by atoms with Crippen molar-refractivity contribution >= 4 is 21.6 Å². The number of halogens is 1. The molecule has 0 saturated heterocycles. The van der Waals surface area contributed by atoms with Crippen LogP contribution >= 0.6 is 15.9 Å². The van der Waals surface area contributed by atoms with E-state index >= 15 is 0 Å². The van der Waals surface area contributed by atoms with Gasteiger partial charge in [0.1, 0.15) is 0 Å². The molecule has 0 bridgehead atoms. The van der Waals surface area contributed by atoms with Gasteiger partial charge in [-0.25, -0.2) is 4.98 Å². The Morgan fingerprint density at radius 3 is 2.57 bits per heavy atom. The highest BCUT2D eigenvalue weighted by Gasteiger charge is 2.15. The van der Waals surface area contributed by atoms with E-state index in [1.807, 2.05) is 26.0 Å². The van der Waals surface area contributed by atoms with Crippen LogP contribution in [0.1, 0.15) is 11.1 Å². The summed E-state index contributed by atoms with van der Waals surface area (Å²) < 4.78 is 6.37. The second-order valence-corrected chi connectivity index (χ2v) is 5.58. The number of benzene rings is 1. The van der Waals surface area contributed by atoms with Gasteiger partial charge in [0.05, 0.1) is 5.69 Å². The largest absolute Gasteiger partial charge is 0.397 e. The first-order chi connectivity index (χ1) is 10.1. The van der Waals surface area contributed by atoms with Crippen molar-refractivity contribution in [2.75, 3.05) is 5.73 Å². The summed E-state index contributed by atoms with van der Waals surface area (Å²) in [7, 11) is 0. The predicted octanol–water partition coefficient (Wildman–Crippen LogP) is 3.76. The van der Waals surface area contributed by atoms with E-state index in [4.69, 9.17) is 10.3 Å². The Kier molecular flexibility index (Phi) is 3.47. The van der Waals surface area contributed by atoms with Crippen molar-refractivity contribution < 1.29 is 4.52 Å². The van der Waals surface area contributed by atoms with Crippen molar-refractivity contribution in [3.05, 3.63) is 46.1 Å². The molecule has 0 spiro atoms. The van der Waals surface area contributed by atoms with Crippen LogP contribution < -0.4 is 5.73 Å². The first-order valence-electron chi connectivity index (χ1n) is 6.38. The Hall–Kier alpha value is -2.21. The standard InChI is InChI=1S/C15H13BrN4O/c1-8-6-10(7-9(2)12(8)16)14-19-15(21-20-14)13-11(17)4-3-5-18-13/h3-7H,17H2,1-2H3. The molecule has 0 radical (unpaired) electrons. The third-order valence-corrected chi connectivity index (χ3v) is 4.41. The maximum absolute atomic E-state index is 5.87. The molecule has 21 heavy (non-hydrogen) atoms. The quantitative estimate of drug-likeness (QED) is 0.765. The second-order valence-electron chi connectivity index (χ2n) is 4.79. The van der Waals surface area contributed by atoms with Gasteiger partial charge < -0.3 is 10.3 Å². The molecule has 5 nitrogen and oxygen atoms in total. The van der Waals surface area contributed by atoms with Crippen LogP contribution in [0.2, 0.25) is 0 Å². The molecule has 2 aromatic heterocycles. The minimum atomic E-state index is 0.321. The molecule has 0 aliphatic rings. The number of anilines is 1. The summed E-state index contributed by atoms with van der Waals surface area (Å²) in [5, 5.41) is 4.02. The number of aromatic nitrogens is 3. The Balaban J connectivity index is 2.05. The molecule has 0 saturated carbocycles. The summed E-state index contributed by atoms with van der Waals surface area (Å²) in [5.74, 6) is 0.843. The van der Waals surface area contributed by atoms with E-state index in [1.165, 1.54) is 0 Å². The van der Waals surface area contributed by atoms with E-state index in [1.54, 1.807) is 18.3 Å². The zero-order chi connectivity index (χ0) is 15.0. The number of aryl methyl sites for hydroxylation is 2. The zero-order valence-corrected chi connectivity index (χ0v) is 13.2. The highest BCUT2D eigenvalue weighted by atomic mass is 79.9. The topological polar surface area (TPSA) is 77.8 Å². The van der Waals surface area contributed by atoms with Crippen LogP contribution in [0, 0.1) is 13.8 Å². The molecule has 3 aromatic rings. The summed E-state index contributed by atoms with van der Waals surface area (Å²) in [5.41, 5.74) is 10.0. The molecule has 0 fully saturated rings. The maximum atomic E-state index is 5.87. The number of nitrogen functional groups attached to an aromatic ring is 1. The molecule has 0 atom stereocenters. The van der Waals surface area contributed by atoms with Gasteiger partial charge in [0.15, 0.2) is 5.69 Å². The molecule has 6 heteroatoms. The van der Waals surface area contributed by atoms with Crippen molar-refractivity contribution in [2.24, 2.45) is 0 Å². The molecule has 0 aliphatic carbocycles. The lowest BCUT2D eigenvalue weighted by Crippen LogP contribution is -1.92. The normalized spacial score (nSPS) is 10.8. The minimum absolute atomic E-state index is 0.321. The Morgan fingerprint density at radius 1 is 1.19 bits per heavy atom. The smallest absolute Gasteiger partial charge is 0.278 e. The molecule has 3 rings (SSSR count). The van der Waals surface area contributed by atoms with Crippen molar-refractivity contribution in [3.63, 3.8) is 0 Å². The summed E-state index contributed by atoms with van der Waals surface area (Å²) in [6.45, 7) is 4.05. The summed E-state index contributed by atoms with van der Waals surface area (Å²) in [6.07, 6.45) is 1.64. The van der Waals surface area contributed by atoms with E-state index in [0.29, 0.717) is 23.1 Å². The fourth-order valence-electron chi connectivity index (χ4n) is 2.11. The Bertz CT molecular complexity index is 790. The molecular formula is C15H13BrN4O. The van der Waals surface area contributed by atoms with Gasteiger partial charge in [-0.05, 0) is 49.2 Å². The SMILES string of the molecule is Cc1cc(-c2noc(-c3ncccc3N)n2)cc(C)c1Br. The number of pyridine rings is 1. The first-order valence-corrected chi connectivity index (χ1v) is 7.17. The molecular weight excluding hydrogens is 332 g/mol. The Labute approximate surface area is 130 Å². The van der Waals surface area contributed by atoms with E-state index in [-0.39, 0.29) is 0 Å². The van der Waals surface area contributed by atoms with Crippen LogP contribution in [-0.4, -0.2) is 15.1 Å². The van der Waals surface area contributed by atoms with Gasteiger partial charge in [0.25, 0.3) is 5.89 Å². The molecule has 0 aliphatic heterocycles. The van der Waals surface area contributed by atoms with Crippen molar-refractivity contribution in [1.82, 2.24) is 15.1 Å². The predicted molar refractivity (Wildman–Crippen MR) is 84.6 cm³/mol. The number of nitrogens with two attached hydrogens (primary N) is 1. The summed E-state index contributed by atoms with van der Waals surface area (Å²) in [4.78, 5) is 8.56. The minimum Gasteiger partial charge on any atom is -0.397 e. The van der Waals surface area contributed by atoms with E-state index < -0.39 is 0 Å². The fraction of sp³-hybridized carbons (Fsp3) is 0.133. The van der Waals surface area contributed by atoms with Gasteiger partial charge >= 0.3 is 0 Å². The average Bonchev–Trinajstić information content (AvgIpc) is 2.94. The highest BCUT2D eigenvalue weighted by Crippen LogP contribution is 2.29. The van der Waals surface area contributed by atoms with Crippen LogP contribution in [0.15, 0.2) is 39.5 Å². The number of hydrogen-bond acceptors (Lipinski definition) is 5. The zero-order valence-electron chi connectivity index (χ0n) is 11.6. The van der Waals surface area contributed by atoms with E-state index in [0.717, 1.165) is 21.2 Å². The third kappa shape index (κ3) is 2.54. The van der Waals surface area contributed by atoms with Gasteiger partial charge in [0, 0.05) is 16.2 Å². The van der Waals surface area contributed by atoms with Crippen LogP contribution in [-0.2, 0) is 0 Å². The number of hydrogen-bond donors (Lipinski definition) is 1. The molecule has 106 valence electrons. The molecule has 2 N–H and O–H groups in total. The van der Waals surface area contributed by atoms with Crippen LogP contribution in [0.3, 0.4) is 0 Å². The molecule has 2 heterocycles. The molecule has 1 aromatic carbocycles. The van der Waals surface area contributed by atoms with Crippen molar-refractivity contribution in [3.8, 4) is 23.0 Å². The monoisotopic (exact) mass is 344 g/mol. The van der Waals surface area contributed by atoms with Gasteiger partial charge in [-0.2, -0.15) is 4.98 Å². The van der Waals surface area contributed by atoms with Crippen LogP contribution in [0.25, 0.3) is 23.0 Å². The van der Waals surface area contributed by atoms with Gasteiger partial charge in [-0.15, -0.1) is 0 Å². The lowest BCUT2D eigenvalue weighted by atomic mass is 10.1. The van der Waals surface area contributed by atoms with Crippen molar-refractivity contribution in [1.29, 1.82) is 0 Å². The lowest BCUT2D eigenvalue weighted by molar-refractivity contribution is 0.431. The average molecular weight is 345 g/mol. The first kappa shape index (κ1) is 13.8. The van der Waals surface area contributed by atoms with Gasteiger partial charge in [-0.3, -0.25) is 0 Å². The van der Waals surface area contributed by atoms with Crippen molar-refractivity contribution in [2.45, 2.75) is 13.8 Å². The van der Waals surface area contributed by atoms with Crippen LogP contribution in [0.4, 0.5) is 5.69 Å². The number of nitrogens with zero attached hydrogens (tertiary/aromatic N) is 3. The number of rotatable bonds is 2. The van der Waals surface area contributed by atoms with E-state index in [9.17, 15) is 0 Å². The maximum Gasteiger partial charge on any atom is 0.278 e. The lowest BCUT2D eigenvalue weighted by Gasteiger charge is -2.04. The van der Waals surface area contributed by atoms with Gasteiger partial charge in [0.2, 0.25) is 5.82 Å². The summed E-state index contributed by atoms with van der Waals surface area (Å²) in [6, 6.07) is 7.53. The molecule has 0 unspecified atom stereocenters. The van der Waals surface area contributed by atoms with Gasteiger partial charge in [-0.1, -0.05) is 21.1 Å². The third-order valence-electron chi connectivity index (χ3n) is 3.16. The molecule has 0 amide bonds. The van der Waals surface area contributed by atoms with Crippen LogP contribution in [0.5, 0.6) is 0 Å². The summed E-state index contributed by atoms with van der Waals surface area (Å²) >= 11 is 3.55. The Morgan fingerprint density at radius 2 is 1.90 bits per heavy atom. The van der Waals surface area contributed by atoms with E-state index in [2.05, 4.69) is 31.1 Å².